The third-order valence-electron chi connectivity index (χ3n) is 3.21. The summed E-state index contributed by atoms with van der Waals surface area (Å²) in [6.07, 6.45) is 0.371. The summed E-state index contributed by atoms with van der Waals surface area (Å²) in [7, 11) is 0. The number of hydrogen-bond donors (Lipinski definition) is 2. The van der Waals surface area contributed by atoms with E-state index in [1.54, 1.807) is 11.3 Å². The number of aliphatic hydroxyl groups excluding tert-OH is 1. The SMILES string of the molecule is Cc1cccc(NCCC(O)c2cccs2)c1C. The Morgan fingerprint density at radius 2 is 2.06 bits per heavy atom. The standard InChI is InChI=1S/C15H19NOS/c1-11-5-3-6-13(12(11)2)16-9-8-14(17)15-7-4-10-18-15/h3-7,10,14,16-17H,8-9H2,1-2H3. The Morgan fingerprint density at radius 3 is 2.78 bits per heavy atom. The molecule has 0 fully saturated rings. The number of hydrogen-bond acceptors (Lipinski definition) is 3. The topological polar surface area (TPSA) is 32.3 Å². The van der Waals surface area contributed by atoms with Crippen LogP contribution < -0.4 is 5.32 Å². The van der Waals surface area contributed by atoms with E-state index in [9.17, 15) is 5.11 Å². The van der Waals surface area contributed by atoms with Crippen molar-refractivity contribution >= 4 is 17.0 Å². The van der Waals surface area contributed by atoms with E-state index in [4.69, 9.17) is 0 Å². The summed E-state index contributed by atoms with van der Waals surface area (Å²) in [4.78, 5) is 1.04. The molecular weight excluding hydrogens is 242 g/mol. The minimum absolute atomic E-state index is 0.359. The van der Waals surface area contributed by atoms with Crippen LogP contribution in [0.15, 0.2) is 35.7 Å². The van der Waals surface area contributed by atoms with Gasteiger partial charge in [0.25, 0.3) is 0 Å². The lowest BCUT2D eigenvalue weighted by molar-refractivity contribution is 0.175. The van der Waals surface area contributed by atoms with E-state index in [0.29, 0.717) is 0 Å². The highest BCUT2D eigenvalue weighted by Crippen LogP contribution is 2.22. The molecule has 96 valence electrons. The van der Waals surface area contributed by atoms with Gasteiger partial charge in [0.2, 0.25) is 0 Å². The van der Waals surface area contributed by atoms with Crippen LogP contribution in [0.25, 0.3) is 0 Å². The molecule has 0 saturated carbocycles. The molecule has 1 aromatic carbocycles. The van der Waals surface area contributed by atoms with Crippen molar-refractivity contribution < 1.29 is 5.11 Å². The molecule has 2 nitrogen and oxygen atoms in total. The lowest BCUT2D eigenvalue weighted by atomic mass is 10.1. The van der Waals surface area contributed by atoms with E-state index >= 15 is 0 Å². The fourth-order valence-corrected chi connectivity index (χ4v) is 2.66. The van der Waals surface area contributed by atoms with Crippen molar-refractivity contribution in [2.75, 3.05) is 11.9 Å². The van der Waals surface area contributed by atoms with Gasteiger partial charge in [-0.15, -0.1) is 11.3 Å². The van der Waals surface area contributed by atoms with Crippen molar-refractivity contribution in [1.82, 2.24) is 0 Å². The fraction of sp³-hybridized carbons (Fsp3) is 0.333. The maximum absolute atomic E-state index is 9.98. The van der Waals surface area contributed by atoms with Crippen molar-refractivity contribution in [2.45, 2.75) is 26.4 Å². The van der Waals surface area contributed by atoms with Crippen LogP contribution in [0.5, 0.6) is 0 Å². The van der Waals surface area contributed by atoms with Gasteiger partial charge < -0.3 is 10.4 Å². The van der Waals surface area contributed by atoms with Gasteiger partial charge in [-0.2, -0.15) is 0 Å². The molecule has 18 heavy (non-hydrogen) atoms. The predicted molar refractivity (Wildman–Crippen MR) is 78.3 cm³/mol. The molecule has 2 N–H and O–H groups in total. The van der Waals surface area contributed by atoms with E-state index in [-0.39, 0.29) is 6.10 Å². The Kier molecular flexibility index (Phi) is 4.39. The van der Waals surface area contributed by atoms with Crippen LogP contribution >= 0.6 is 11.3 Å². The first-order valence-electron chi connectivity index (χ1n) is 6.20. The van der Waals surface area contributed by atoms with Gasteiger partial charge in [0.1, 0.15) is 0 Å². The van der Waals surface area contributed by atoms with Gasteiger partial charge in [0.15, 0.2) is 0 Å². The molecule has 1 heterocycles. The molecule has 0 aliphatic carbocycles. The van der Waals surface area contributed by atoms with Gasteiger partial charge in [-0.1, -0.05) is 18.2 Å². The second-order valence-corrected chi connectivity index (χ2v) is 5.47. The third-order valence-corrected chi connectivity index (χ3v) is 4.18. The zero-order valence-corrected chi connectivity index (χ0v) is 11.6. The lowest BCUT2D eigenvalue weighted by Crippen LogP contribution is -2.08. The van der Waals surface area contributed by atoms with Crippen LogP contribution in [0.4, 0.5) is 5.69 Å². The summed E-state index contributed by atoms with van der Waals surface area (Å²) < 4.78 is 0. The van der Waals surface area contributed by atoms with Crippen LogP contribution in [0, 0.1) is 13.8 Å². The van der Waals surface area contributed by atoms with Gasteiger partial charge in [-0.25, -0.2) is 0 Å². The number of nitrogens with one attached hydrogen (secondary N) is 1. The predicted octanol–water partition coefficient (Wildman–Crippen LogP) is 3.90. The molecule has 0 spiro atoms. The molecule has 2 rings (SSSR count). The Bertz CT molecular complexity index is 493. The number of aryl methyl sites for hydroxylation is 1. The first-order valence-corrected chi connectivity index (χ1v) is 7.08. The molecule has 0 aliphatic heterocycles. The van der Waals surface area contributed by atoms with Crippen LogP contribution in [0.3, 0.4) is 0 Å². The number of aliphatic hydroxyl groups is 1. The molecular formula is C15H19NOS. The summed E-state index contributed by atoms with van der Waals surface area (Å²) in [5.74, 6) is 0. The van der Waals surface area contributed by atoms with Crippen LogP contribution in [-0.2, 0) is 0 Å². The van der Waals surface area contributed by atoms with Gasteiger partial charge in [0.05, 0.1) is 6.10 Å². The first-order chi connectivity index (χ1) is 8.68. The van der Waals surface area contributed by atoms with E-state index in [1.807, 2.05) is 17.5 Å². The third kappa shape index (κ3) is 3.12. The fourth-order valence-electron chi connectivity index (χ4n) is 1.91. The van der Waals surface area contributed by atoms with Gasteiger partial charge in [-0.05, 0) is 48.9 Å². The highest BCUT2D eigenvalue weighted by molar-refractivity contribution is 7.10. The van der Waals surface area contributed by atoms with Crippen molar-refractivity contribution in [2.24, 2.45) is 0 Å². The Labute approximate surface area is 112 Å². The van der Waals surface area contributed by atoms with E-state index in [1.165, 1.54) is 11.1 Å². The second-order valence-electron chi connectivity index (χ2n) is 4.49. The summed E-state index contributed by atoms with van der Waals surface area (Å²) in [5, 5.41) is 15.4. The maximum Gasteiger partial charge on any atom is 0.0898 e. The molecule has 0 bridgehead atoms. The average Bonchev–Trinajstić information content (AvgIpc) is 2.88. The molecule has 0 saturated heterocycles. The zero-order valence-electron chi connectivity index (χ0n) is 10.8. The summed E-state index contributed by atoms with van der Waals surface area (Å²) in [6, 6.07) is 10.2. The first kappa shape index (κ1) is 13.1. The molecule has 3 heteroatoms. The minimum atomic E-state index is -0.359. The van der Waals surface area contributed by atoms with E-state index < -0.39 is 0 Å². The second kappa shape index (κ2) is 6.03. The van der Waals surface area contributed by atoms with Crippen LogP contribution in [0.1, 0.15) is 28.5 Å². The van der Waals surface area contributed by atoms with E-state index in [2.05, 4.69) is 37.4 Å². The Hall–Kier alpha value is -1.32. The van der Waals surface area contributed by atoms with E-state index in [0.717, 1.165) is 23.5 Å². The highest BCUT2D eigenvalue weighted by atomic mass is 32.1. The highest BCUT2D eigenvalue weighted by Gasteiger charge is 2.08. The van der Waals surface area contributed by atoms with Crippen molar-refractivity contribution in [1.29, 1.82) is 0 Å². The molecule has 1 aromatic heterocycles. The smallest absolute Gasteiger partial charge is 0.0898 e. The summed E-state index contributed by atoms with van der Waals surface area (Å²) in [6.45, 7) is 5.01. The van der Waals surface area contributed by atoms with Gasteiger partial charge >= 0.3 is 0 Å². The monoisotopic (exact) mass is 261 g/mol. The number of thiophene rings is 1. The van der Waals surface area contributed by atoms with Crippen LogP contribution in [0.2, 0.25) is 0 Å². The molecule has 1 atom stereocenters. The molecule has 0 radical (unpaired) electrons. The Morgan fingerprint density at radius 1 is 1.22 bits per heavy atom. The summed E-state index contributed by atoms with van der Waals surface area (Å²) in [5.41, 5.74) is 3.73. The zero-order chi connectivity index (χ0) is 13.0. The number of benzene rings is 1. The number of anilines is 1. The van der Waals surface area contributed by atoms with Crippen molar-refractivity contribution in [3.63, 3.8) is 0 Å². The van der Waals surface area contributed by atoms with Gasteiger partial charge in [0, 0.05) is 17.1 Å². The summed E-state index contributed by atoms with van der Waals surface area (Å²) >= 11 is 1.61. The number of rotatable bonds is 5. The maximum atomic E-state index is 9.98. The molecule has 1 unspecified atom stereocenters. The normalized spacial score (nSPS) is 12.4. The lowest BCUT2D eigenvalue weighted by Gasteiger charge is -2.13. The van der Waals surface area contributed by atoms with Crippen molar-refractivity contribution in [3.05, 3.63) is 51.7 Å². The quantitative estimate of drug-likeness (QED) is 0.855. The van der Waals surface area contributed by atoms with Gasteiger partial charge in [-0.3, -0.25) is 0 Å². The molecule has 0 aliphatic rings. The minimum Gasteiger partial charge on any atom is -0.388 e. The van der Waals surface area contributed by atoms with Crippen molar-refractivity contribution in [3.8, 4) is 0 Å². The largest absolute Gasteiger partial charge is 0.388 e. The van der Waals surface area contributed by atoms with Crippen LogP contribution in [-0.4, -0.2) is 11.7 Å². The Balaban J connectivity index is 1.87. The average molecular weight is 261 g/mol. The molecule has 0 amide bonds. The molecule has 2 aromatic rings.